The van der Waals surface area contributed by atoms with Gasteiger partial charge < -0.3 is 15.1 Å². The van der Waals surface area contributed by atoms with Crippen molar-refractivity contribution < 1.29 is 14.0 Å². The van der Waals surface area contributed by atoms with E-state index in [1.165, 1.54) is 37.5 Å². The molecule has 25 heavy (non-hydrogen) atoms. The van der Waals surface area contributed by atoms with E-state index in [0.29, 0.717) is 41.4 Å². The molecule has 3 amide bonds. The molecular weight excluding hydrogens is 436 g/mol. The van der Waals surface area contributed by atoms with Crippen LogP contribution in [-0.4, -0.2) is 54.0 Å². The zero-order chi connectivity index (χ0) is 17.8. The lowest BCUT2D eigenvalue weighted by atomic mass is 9.96. The molecule has 0 spiro atoms. The molecule has 0 radical (unpaired) electrons. The predicted molar refractivity (Wildman–Crippen MR) is 102 cm³/mol. The molecule has 1 saturated carbocycles. The first-order valence-corrected chi connectivity index (χ1v) is 9.92. The van der Waals surface area contributed by atoms with Gasteiger partial charge in [0.15, 0.2) is 0 Å². The number of halogens is 2. The predicted octanol–water partition coefficient (Wildman–Crippen LogP) is 3.23. The van der Waals surface area contributed by atoms with E-state index < -0.39 is 0 Å². The van der Waals surface area contributed by atoms with Gasteiger partial charge in [0.05, 0.1) is 5.56 Å². The van der Waals surface area contributed by atoms with Crippen molar-refractivity contribution >= 4 is 34.5 Å². The van der Waals surface area contributed by atoms with E-state index in [9.17, 15) is 14.0 Å². The van der Waals surface area contributed by atoms with Crippen LogP contribution in [0.15, 0.2) is 18.2 Å². The van der Waals surface area contributed by atoms with Crippen LogP contribution in [0.2, 0.25) is 0 Å². The lowest BCUT2D eigenvalue weighted by molar-refractivity contribution is 0.0661. The maximum atomic E-state index is 13.2. The van der Waals surface area contributed by atoms with Crippen molar-refractivity contribution in [3.8, 4) is 0 Å². The van der Waals surface area contributed by atoms with Crippen molar-refractivity contribution in [2.75, 3.05) is 26.2 Å². The summed E-state index contributed by atoms with van der Waals surface area (Å²) in [6.45, 7) is 2.07. The summed E-state index contributed by atoms with van der Waals surface area (Å²) in [6, 6.07) is 4.48. The quantitative estimate of drug-likeness (QED) is 0.691. The van der Waals surface area contributed by atoms with Crippen molar-refractivity contribution in [3.05, 3.63) is 33.1 Å². The van der Waals surface area contributed by atoms with Crippen LogP contribution in [0.5, 0.6) is 0 Å². The molecule has 1 aliphatic heterocycles. The summed E-state index contributed by atoms with van der Waals surface area (Å²) in [5.41, 5.74) is 0.516. The van der Waals surface area contributed by atoms with E-state index in [1.807, 2.05) is 22.6 Å². The SMILES string of the molecule is O=C(NC1CCCCC1)N1CCN(C(=O)c2ccc(F)cc2I)CC1. The number of nitrogens with one attached hydrogen (secondary N) is 1. The zero-order valence-electron chi connectivity index (χ0n) is 14.1. The van der Waals surface area contributed by atoms with Crippen LogP contribution in [0.3, 0.4) is 0 Å². The van der Waals surface area contributed by atoms with Gasteiger partial charge in [0.1, 0.15) is 5.82 Å². The number of amides is 3. The molecule has 7 heteroatoms. The number of hydrogen-bond acceptors (Lipinski definition) is 2. The number of benzene rings is 1. The van der Waals surface area contributed by atoms with Crippen molar-refractivity contribution in [2.24, 2.45) is 0 Å². The molecule has 0 atom stereocenters. The maximum Gasteiger partial charge on any atom is 0.317 e. The van der Waals surface area contributed by atoms with Crippen LogP contribution >= 0.6 is 22.6 Å². The molecule has 0 bridgehead atoms. The number of nitrogens with zero attached hydrogens (tertiary/aromatic N) is 2. The number of carbonyl (C=O) groups excluding carboxylic acids is 2. The standard InChI is InChI=1S/C18H23FIN3O2/c19-13-6-7-15(16(20)12-13)17(24)22-8-10-23(11-9-22)18(25)21-14-4-2-1-3-5-14/h6-7,12,14H,1-5,8-11H2,(H,21,25). The van der Waals surface area contributed by atoms with Crippen LogP contribution in [0, 0.1) is 9.39 Å². The van der Waals surface area contributed by atoms with Crippen LogP contribution in [-0.2, 0) is 0 Å². The second-order valence-electron chi connectivity index (χ2n) is 6.69. The smallest absolute Gasteiger partial charge is 0.317 e. The van der Waals surface area contributed by atoms with Gasteiger partial charge in [-0.15, -0.1) is 0 Å². The minimum atomic E-state index is -0.342. The monoisotopic (exact) mass is 459 g/mol. The molecule has 3 rings (SSSR count). The molecule has 2 aliphatic rings. The first-order chi connectivity index (χ1) is 12.0. The van der Waals surface area contributed by atoms with Gasteiger partial charge >= 0.3 is 6.03 Å². The molecule has 0 unspecified atom stereocenters. The third-order valence-electron chi connectivity index (χ3n) is 4.95. The van der Waals surface area contributed by atoms with Crippen molar-refractivity contribution in [3.63, 3.8) is 0 Å². The second kappa shape index (κ2) is 8.33. The van der Waals surface area contributed by atoms with E-state index >= 15 is 0 Å². The average Bonchev–Trinajstić information content (AvgIpc) is 2.62. The molecule has 0 aromatic heterocycles. The molecule has 1 N–H and O–H groups in total. The highest BCUT2D eigenvalue weighted by atomic mass is 127. The number of urea groups is 1. The number of piperazine rings is 1. The average molecular weight is 459 g/mol. The van der Waals surface area contributed by atoms with Crippen LogP contribution < -0.4 is 5.32 Å². The van der Waals surface area contributed by atoms with E-state index in [-0.39, 0.29) is 17.8 Å². The fraction of sp³-hybridized carbons (Fsp3) is 0.556. The van der Waals surface area contributed by atoms with E-state index in [0.717, 1.165) is 12.8 Å². The summed E-state index contributed by atoms with van der Waals surface area (Å²) in [6.07, 6.45) is 5.75. The Bertz CT molecular complexity index is 641. The van der Waals surface area contributed by atoms with Gasteiger partial charge in [-0.05, 0) is 53.6 Å². The molecule has 2 fully saturated rings. The summed E-state index contributed by atoms with van der Waals surface area (Å²) in [5, 5.41) is 3.12. The molecule has 1 aromatic rings. The van der Waals surface area contributed by atoms with Crippen molar-refractivity contribution in [2.45, 2.75) is 38.1 Å². The van der Waals surface area contributed by atoms with Crippen LogP contribution in [0.1, 0.15) is 42.5 Å². The molecule has 1 aromatic carbocycles. The first-order valence-electron chi connectivity index (χ1n) is 8.84. The maximum absolute atomic E-state index is 13.2. The van der Waals surface area contributed by atoms with Crippen LogP contribution in [0.4, 0.5) is 9.18 Å². The molecule has 136 valence electrons. The Kier molecular flexibility index (Phi) is 6.14. The number of rotatable bonds is 2. The van der Waals surface area contributed by atoms with Crippen molar-refractivity contribution in [1.29, 1.82) is 0 Å². The Hall–Kier alpha value is -1.38. The third-order valence-corrected chi connectivity index (χ3v) is 5.84. The summed E-state index contributed by atoms with van der Waals surface area (Å²) in [5.74, 6) is -0.443. The van der Waals surface area contributed by atoms with Gasteiger partial charge in [-0.1, -0.05) is 19.3 Å². The Labute approximate surface area is 161 Å². The summed E-state index contributed by atoms with van der Waals surface area (Å²) >= 11 is 1.98. The molecule has 1 heterocycles. The Morgan fingerprint density at radius 2 is 1.68 bits per heavy atom. The van der Waals surface area contributed by atoms with Gasteiger partial charge in [-0.2, -0.15) is 0 Å². The van der Waals surface area contributed by atoms with Gasteiger partial charge in [-0.3, -0.25) is 4.79 Å². The van der Waals surface area contributed by atoms with Gasteiger partial charge in [0, 0.05) is 35.8 Å². The highest BCUT2D eigenvalue weighted by Gasteiger charge is 2.27. The summed E-state index contributed by atoms with van der Waals surface area (Å²) in [7, 11) is 0. The fourth-order valence-electron chi connectivity index (χ4n) is 3.46. The Morgan fingerprint density at radius 3 is 2.32 bits per heavy atom. The minimum absolute atomic E-state index is 0.0182. The molecular formula is C18H23FIN3O2. The largest absolute Gasteiger partial charge is 0.335 e. The third kappa shape index (κ3) is 4.62. The zero-order valence-corrected chi connectivity index (χ0v) is 16.3. The van der Waals surface area contributed by atoms with E-state index in [4.69, 9.17) is 0 Å². The Balaban J connectivity index is 1.52. The van der Waals surface area contributed by atoms with E-state index in [2.05, 4.69) is 5.32 Å². The summed E-state index contributed by atoms with van der Waals surface area (Å²) < 4.78 is 13.8. The normalized spacial score (nSPS) is 19.0. The van der Waals surface area contributed by atoms with Gasteiger partial charge in [-0.25, -0.2) is 9.18 Å². The molecule has 1 saturated heterocycles. The lowest BCUT2D eigenvalue weighted by Gasteiger charge is -2.36. The van der Waals surface area contributed by atoms with E-state index in [1.54, 1.807) is 9.80 Å². The van der Waals surface area contributed by atoms with Gasteiger partial charge in [0.25, 0.3) is 5.91 Å². The highest BCUT2D eigenvalue weighted by Crippen LogP contribution is 2.19. The van der Waals surface area contributed by atoms with Crippen LogP contribution in [0.25, 0.3) is 0 Å². The minimum Gasteiger partial charge on any atom is -0.335 e. The topological polar surface area (TPSA) is 52.7 Å². The first kappa shape index (κ1) is 18.4. The fourth-order valence-corrected chi connectivity index (χ4v) is 4.17. The van der Waals surface area contributed by atoms with Crippen molar-refractivity contribution in [1.82, 2.24) is 15.1 Å². The Morgan fingerprint density at radius 1 is 1.04 bits per heavy atom. The number of carbonyl (C=O) groups is 2. The van der Waals surface area contributed by atoms with Gasteiger partial charge in [0.2, 0.25) is 0 Å². The molecule has 1 aliphatic carbocycles. The second-order valence-corrected chi connectivity index (χ2v) is 7.85. The number of hydrogen-bond donors (Lipinski definition) is 1. The highest BCUT2D eigenvalue weighted by molar-refractivity contribution is 14.1. The molecule has 5 nitrogen and oxygen atoms in total. The lowest BCUT2D eigenvalue weighted by Crippen LogP contribution is -2.54. The summed E-state index contributed by atoms with van der Waals surface area (Å²) in [4.78, 5) is 28.5.